The normalized spacial score (nSPS) is 9.12. The molecule has 0 radical (unpaired) electrons. The van der Waals surface area contributed by atoms with E-state index in [0.717, 1.165) is 0 Å². The molecule has 0 aliphatic carbocycles. The van der Waals surface area contributed by atoms with E-state index in [1.807, 2.05) is 13.8 Å². The second-order valence-electron chi connectivity index (χ2n) is 3.06. The first-order valence-corrected chi connectivity index (χ1v) is 5.25. The molecule has 1 N–H and O–H groups in total. The third-order valence-corrected chi connectivity index (χ3v) is 2.02. The van der Waals surface area contributed by atoms with Crippen LogP contribution in [0.5, 0.6) is 11.5 Å². The molecule has 0 saturated carbocycles. The summed E-state index contributed by atoms with van der Waals surface area (Å²) in [5, 5.41) is 7.73. The average molecular weight is 260 g/mol. The van der Waals surface area contributed by atoms with Crippen LogP contribution in [0.25, 0.3) is 0 Å². The van der Waals surface area contributed by atoms with E-state index < -0.39 is 0 Å². The first kappa shape index (κ1) is 15.6. The molecule has 5 heteroatoms. The second-order valence-corrected chi connectivity index (χ2v) is 3.06. The fourth-order valence-corrected chi connectivity index (χ4v) is 1.31. The highest BCUT2D eigenvalue weighted by atomic mass is 35.5. The van der Waals surface area contributed by atoms with Crippen molar-refractivity contribution in [3.05, 3.63) is 23.8 Å². The Balaban J connectivity index is 0.00000256. The number of ether oxygens (including phenoxy) is 3. The summed E-state index contributed by atoms with van der Waals surface area (Å²) in [6.07, 6.45) is 0. The monoisotopic (exact) mass is 259 g/mol. The van der Waals surface area contributed by atoms with Crippen LogP contribution in [-0.4, -0.2) is 26.2 Å². The lowest BCUT2D eigenvalue weighted by atomic mass is 10.2. The molecule has 0 unspecified atom stereocenters. The quantitative estimate of drug-likeness (QED) is 0.653. The standard InChI is InChI=1S/C12H17NO3.ClH/c1-4-15-11-8-9(14-3)6-7-10(11)12(13)16-5-2;/h6-8,13H,4-5H2,1-3H3;1H. The molecule has 17 heavy (non-hydrogen) atoms. The lowest BCUT2D eigenvalue weighted by molar-refractivity contribution is 0.314. The van der Waals surface area contributed by atoms with Crippen LogP contribution in [0.2, 0.25) is 0 Å². The van der Waals surface area contributed by atoms with Crippen LogP contribution in [0.15, 0.2) is 18.2 Å². The summed E-state index contributed by atoms with van der Waals surface area (Å²) in [5.74, 6) is 1.44. The molecule has 96 valence electrons. The van der Waals surface area contributed by atoms with E-state index in [-0.39, 0.29) is 18.3 Å². The molecule has 0 fully saturated rings. The lowest BCUT2D eigenvalue weighted by Crippen LogP contribution is -2.08. The van der Waals surface area contributed by atoms with Gasteiger partial charge in [-0.05, 0) is 26.0 Å². The van der Waals surface area contributed by atoms with Crippen molar-refractivity contribution < 1.29 is 14.2 Å². The minimum atomic E-state index is 0. The maximum absolute atomic E-state index is 7.73. The van der Waals surface area contributed by atoms with Crippen molar-refractivity contribution in [3.8, 4) is 11.5 Å². The van der Waals surface area contributed by atoms with Crippen molar-refractivity contribution in [2.45, 2.75) is 13.8 Å². The van der Waals surface area contributed by atoms with Crippen LogP contribution in [0, 0.1) is 5.41 Å². The maximum atomic E-state index is 7.73. The number of nitrogens with one attached hydrogen (secondary N) is 1. The van der Waals surface area contributed by atoms with Crippen LogP contribution in [0.3, 0.4) is 0 Å². The third kappa shape index (κ3) is 4.15. The van der Waals surface area contributed by atoms with Gasteiger partial charge >= 0.3 is 0 Å². The van der Waals surface area contributed by atoms with Crippen LogP contribution < -0.4 is 9.47 Å². The number of hydrogen-bond acceptors (Lipinski definition) is 4. The van der Waals surface area contributed by atoms with E-state index in [4.69, 9.17) is 19.6 Å². The molecule has 1 aromatic rings. The SMILES string of the molecule is CCOC(=N)c1ccc(OC)cc1OCC.Cl. The van der Waals surface area contributed by atoms with Gasteiger partial charge in [0.15, 0.2) is 0 Å². The van der Waals surface area contributed by atoms with Crippen LogP contribution in [-0.2, 0) is 4.74 Å². The van der Waals surface area contributed by atoms with Crippen LogP contribution in [0.1, 0.15) is 19.4 Å². The Hall–Kier alpha value is -1.42. The van der Waals surface area contributed by atoms with E-state index >= 15 is 0 Å². The van der Waals surface area contributed by atoms with Gasteiger partial charge in [-0.25, -0.2) is 0 Å². The molecule has 1 rings (SSSR count). The highest BCUT2D eigenvalue weighted by Gasteiger charge is 2.11. The lowest BCUT2D eigenvalue weighted by Gasteiger charge is -2.12. The van der Waals surface area contributed by atoms with Gasteiger partial charge in [-0.2, -0.15) is 0 Å². The number of hydrogen-bond donors (Lipinski definition) is 1. The number of halogens is 1. The van der Waals surface area contributed by atoms with E-state index in [2.05, 4.69) is 0 Å². The zero-order chi connectivity index (χ0) is 12.0. The number of benzene rings is 1. The summed E-state index contributed by atoms with van der Waals surface area (Å²) < 4.78 is 15.7. The van der Waals surface area contributed by atoms with Gasteiger partial charge in [-0.3, -0.25) is 5.41 Å². The summed E-state index contributed by atoms with van der Waals surface area (Å²) in [4.78, 5) is 0. The molecular formula is C12H18ClNO3. The Morgan fingerprint density at radius 1 is 1.24 bits per heavy atom. The fourth-order valence-electron chi connectivity index (χ4n) is 1.31. The minimum absolute atomic E-state index is 0. The molecule has 4 nitrogen and oxygen atoms in total. The number of methoxy groups -OCH3 is 1. The van der Waals surface area contributed by atoms with Crippen LogP contribution in [0.4, 0.5) is 0 Å². The van der Waals surface area contributed by atoms with E-state index in [0.29, 0.717) is 30.3 Å². The minimum Gasteiger partial charge on any atom is -0.497 e. The summed E-state index contributed by atoms with van der Waals surface area (Å²) in [5.41, 5.74) is 0.643. The predicted octanol–water partition coefficient (Wildman–Crippen LogP) is 2.88. The molecule has 0 heterocycles. The highest BCUT2D eigenvalue weighted by molar-refractivity contribution is 5.94. The fraction of sp³-hybridized carbons (Fsp3) is 0.417. The Kier molecular flexibility index (Phi) is 7.14. The summed E-state index contributed by atoms with van der Waals surface area (Å²) in [6, 6.07) is 5.31. The molecule has 1 aromatic carbocycles. The summed E-state index contributed by atoms with van der Waals surface area (Å²) >= 11 is 0. The molecular weight excluding hydrogens is 242 g/mol. The van der Waals surface area contributed by atoms with Crippen molar-refractivity contribution in [2.24, 2.45) is 0 Å². The first-order valence-electron chi connectivity index (χ1n) is 5.25. The summed E-state index contributed by atoms with van der Waals surface area (Å²) in [7, 11) is 1.60. The molecule has 0 amide bonds. The van der Waals surface area contributed by atoms with Gasteiger partial charge in [0.2, 0.25) is 5.90 Å². The molecule has 0 aliphatic rings. The molecule has 0 aromatic heterocycles. The van der Waals surface area contributed by atoms with Crippen molar-refractivity contribution >= 4 is 18.3 Å². The van der Waals surface area contributed by atoms with Crippen molar-refractivity contribution in [1.82, 2.24) is 0 Å². The highest BCUT2D eigenvalue weighted by Crippen LogP contribution is 2.25. The van der Waals surface area contributed by atoms with Crippen LogP contribution >= 0.6 is 12.4 Å². The van der Waals surface area contributed by atoms with Crippen molar-refractivity contribution in [2.75, 3.05) is 20.3 Å². The maximum Gasteiger partial charge on any atom is 0.217 e. The Morgan fingerprint density at radius 2 is 1.94 bits per heavy atom. The third-order valence-electron chi connectivity index (χ3n) is 2.02. The Labute approximate surface area is 108 Å². The zero-order valence-corrected chi connectivity index (χ0v) is 11.1. The van der Waals surface area contributed by atoms with E-state index in [9.17, 15) is 0 Å². The second kappa shape index (κ2) is 7.79. The number of rotatable bonds is 5. The smallest absolute Gasteiger partial charge is 0.217 e. The van der Waals surface area contributed by atoms with Gasteiger partial charge in [0.25, 0.3) is 0 Å². The average Bonchev–Trinajstić information content (AvgIpc) is 2.29. The molecule has 0 spiro atoms. The zero-order valence-electron chi connectivity index (χ0n) is 10.3. The Bertz CT molecular complexity index is 369. The Morgan fingerprint density at radius 3 is 2.47 bits per heavy atom. The molecule has 0 saturated heterocycles. The molecule has 0 aliphatic heterocycles. The van der Waals surface area contributed by atoms with Crippen molar-refractivity contribution in [3.63, 3.8) is 0 Å². The first-order chi connectivity index (χ1) is 7.72. The van der Waals surface area contributed by atoms with Gasteiger partial charge in [-0.1, -0.05) is 0 Å². The van der Waals surface area contributed by atoms with Gasteiger partial charge in [0.05, 0.1) is 25.9 Å². The largest absolute Gasteiger partial charge is 0.497 e. The van der Waals surface area contributed by atoms with Gasteiger partial charge < -0.3 is 14.2 Å². The molecule has 0 bridgehead atoms. The van der Waals surface area contributed by atoms with E-state index in [1.54, 1.807) is 25.3 Å². The van der Waals surface area contributed by atoms with Gasteiger partial charge in [-0.15, -0.1) is 12.4 Å². The molecule has 0 atom stereocenters. The van der Waals surface area contributed by atoms with Gasteiger partial charge in [0.1, 0.15) is 11.5 Å². The van der Waals surface area contributed by atoms with E-state index in [1.165, 1.54) is 0 Å². The topological polar surface area (TPSA) is 51.5 Å². The summed E-state index contributed by atoms with van der Waals surface area (Å²) in [6.45, 7) is 4.75. The van der Waals surface area contributed by atoms with Gasteiger partial charge in [0, 0.05) is 6.07 Å². The predicted molar refractivity (Wildman–Crippen MR) is 69.9 cm³/mol. The van der Waals surface area contributed by atoms with Crippen molar-refractivity contribution in [1.29, 1.82) is 5.41 Å².